The lowest BCUT2D eigenvalue weighted by Gasteiger charge is -2.00. The number of cyclic esters (lactones) is 1. The molecule has 1 unspecified atom stereocenters. The van der Waals surface area contributed by atoms with E-state index >= 15 is 0 Å². The molecule has 3 heteroatoms. The molecule has 0 aromatic rings. The van der Waals surface area contributed by atoms with Crippen molar-refractivity contribution < 1.29 is 9.53 Å². The molecular formula is C6H7NO2. The summed E-state index contributed by atoms with van der Waals surface area (Å²) >= 11 is 0. The van der Waals surface area contributed by atoms with Gasteiger partial charge in [0.05, 0.1) is 12.5 Å². The highest BCUT2D eigenvalue weighted by atomic mass is 16.5. The van der Waals surface area contributed by atoms with Crippen LogP contribution in [0.5, 0.6) is 0 Å². The summed E-state index contributed by atoms with van der Waals surface area (Å²) in [7, 11) is 0. The van der Waals surface area contributed by atoms with Crippen molar-refractivity contribution in [2.75, 3.05) is 0 Å². The zero-order valence-electron chi connectivity index (χ0n) is 4.96. The lowest BCUT2D eigenvalue weighted by atomic mass is 10.2. The SMILES string of the molecule is N#CCC1CCC(=O)O1. The van der Waals surface area contributed by atoms with Gasteiger partial charge in [0.2, 0.25) is 0 Å². The second kappa shape index (κ2) is 2.49. The number of ether oxygens (including phenoxy) is 1. The fourth-order valence-electron chi connectivity index (χ4n) is 0.828. The number of nitrogens with zero attached hydrogens (tertiary/aromatic N) is 1. The van der Waals surface area contributed by atoms with Crippen LogP contribution in [0.15, 0.2) is 0 Å². The van der Waals surface area contributed by atoms with Crippen LogP contribution in [0.1, 0.15) is 19.3 Å². The first-order valence-electron chi connectivity index (χ1n) is 2.89. The van der Waals surface area contributed by atoms with Crippen LogP contribution in [0, 0.1) is 11.3 Å². The third kappa shape index (κ3) is 1.43. The standard InChI is InChI=1S/C6H7NO2/c7-4-3-5-1-2-6(8)9-5/h5H,1-3H2. The smallest absolute Gasteiger partial charge is 0.306 e. The molecule has 48 valence electrons. The van der Waals surface area contributed by atoms with Gasteiger partial charge < -0.3 is 4.74 Å². The fraction of sp³-hybridized carbons (Fsp3) is 0.667. The summed E-state index contributed by atoms with van der Waals surface area (Å²) in [5.41, 5.74) is 0. The molecule has 0 aliphatic carbocycles. The number of carbonyl (C=O) groups excluding carboxylic acids is 1. The molecule has 0 bridgehead atoms. The molecule has 1 atom stereocenters. The van der Waals surface area contributed by atoms with Crippen molar-refractivity contribution in [3.8, 4) is 6.07 Å². The maximum absolute atomic E-state index is 10.4. The van der Waals surface area contributed by atoms with Crippen molar-refractivity contribution in [2.24, 2.45) is 0 Å². The Morgan fingerprint density at radius 3 is 3.11 bits per heavy atom. The molecule has 1 saturated heterocycles. The van der Waals surface area contributed by atoms with E-state index in [0.717, 1.165) is 0 Å². The van der Waals surface area contributed by atoms with E-state index in [0.29, 0.717) is 19.3 Å². The molecule has 1 aliphatic heterocycles. The first-order valence-corrected chi connectivity index (χ1v) is 2.89. The van der Waals surface area contributed by atoms with Gasteiger partial charge in [0, 0.05) is 6.42 Å². The Labute approximate surface area is 53.2 Å². The van der Waals surface area contributed by atoms with Gasteiger partial charge in [-0.25, -0.2) is 0 Å². The highest BCUT2D eigenvalue weighted by Gasteiger charge is 2.22. The van der Waals surface area contributed by atoms with E-state index in [4.69, 9.17) is 10.00 Å². The van der Waals surface area contributed by atoms with Crippen LogP contribution in [0.3, 0.4) is 0 Å². The fourth-order valence-corrected chi connectivity index (χ4v) is 0.828. The van der Waals surface area contributed by atoms with Gasteiger partial charge in [-0.05, 0) is 6.42 Å². The van der Waals surface area contributed by atoms with E-state index in [-0.39, 0.29) is 12.1 Å². The highest BCUT2D eigenvalue weighted by molar-refractivity contribution is 5.71. The summed E-state index contributed by atoms with van der Waals surface area (Å²) < 4.78 is 4.74. The number of nitriles is 1. The van der Waals surface area contributed by atoms with Gasteiger partial charge in [0.1, 0.15) is 6.10 Å². The molecule has 1 fully saturated rings. The Kier molecular flexibility index (Phi) is 1.69. The Bertz CT molecular complexity index is 159. The van der Waals surface area contributed by atoms with E-state index in [9.17, 15) is 4.79 Å². The minimum atomic E-state index is -0.171. The minimum absolute atomic E-state index is 0.123. The van der Waals surface area contributed by atoms with Crippen LogP contribution >= 0.6 is 0 Å². The molecular weight excluding hydrogens is 118 g/mol. The lowest BCUT2D eigenvalue weighted by molar-refractivity contribution is -0.141. The zero-order chi connectivity index (χ0) is 6.69. The lowest BCUT2D eigenvalue weighted by Crippen LogP contribution is -2.04. The Morgan fingerprint density at radius 1 is 1.89 bits per heavy atom. The average Bonchev–Trinajstić information content (AvgIpc) is 2.17. The molecule has 1 rings (SSSR count). The van der Waals surface area contributed by atoms with Crippen molar-refractivity contribution in [3.63, 3.8) is 0 Å². The van der Waals surface area contributed by atoms with E-state index in [1.807, 2.05) is 6.07 Å². The molecule has 1 aliphatic rings. The molecule has 1 heterocycles. The van der Waals surface area contributed by atoms with Crippen molar-refractivity contribution >= 4 is 5.97 Å². The first-order chi connectivity index (χ1) is 4.33. The number of rotatable bonds is 1. The predicted octanol–water partition coefficient (Wildman–Crippen LogP) is 0.606. The number of esters is 1. The van der Waals surface area contributed by atoms with Gasteiger partial charge in [0.25, 0.3) is 0 Å². The van der Waals surface area contributed by atoms with Crippen LogP contribution in [0.25, 0.3) is 0 Å². The quantitative estimate of drug-likeness (QED) is 0.482. The van der Waals surface area contributed by atoms with Gasteiger partial charge in [-0.15, -0.1) is 0 Å². The van der Waals surface area contributed by atoms with Crippen molar-refractivity contribution in [2.45, 2.75) is 25.4 Å². The minimum Gasteiger partial charge on any atom is -0.461 e. The van der Waals surface area contributed by atoms with E-state index in [1.165, 1.54) is 0 Å². The number of hydrogen-bond acceptors (Lipinski definition) is 3. The third-order valence-electron chi connectivity index (χ3n) is 1.29. The van der Waals surface area contributed by atoms with Gasteiger partial charge in [0.15, 0.2) is 0 Å². The summed E-state index contributed by atoms with van der Waals surface area (Å²) in [5, 5.41) is 8.17. The summed E-state index contributed by atoms with van der Waals surface area (Å²) in [5.74, 6) is -0.171. The second-order valence-corrected chi connectivity index (χ2v) is 2.01. The first kappa shape index (κ1) is 6.09. The van der Waals surface area contributed by atoms with E-state index in [1.54, 1.807) is 0 Å². The van der Waals surface area contributed by atoms with Gasteiger partial charge in [-0.3, -0.25) is 4.79 Å². The molecule has 0 N–H and O–H groups in total. The number of hydrogen-bond donors (Lipinski definition) is 0. The summed E-state index contributed by atoms with van der Waals surface area (Å²) in [6, 6.07) is 1.95. The topological polar surface area (TPSA) is 50.1 Å². The summed E-state index contributed by atoms with van der Waals surface area (Å²) in [6.45, 7) is 0. The molecule has 9 heavy (non-hydrogen) atoms. The van der Waals surface area contributed by atoms with Crippen LogP contribution in [-0.2, 0) is 9.53 Å². The largest absolute Gasteiger partial charge is 0.461 e. The van der Waals surface area contributed by atoms with Gasteiger partial charge in [-0.2, -0.15) is 5.26 Å². The third-order valence-corrected chi connectivity index (χ3v) is 1.29. The second-order valence-electron chi connectivity index (χ2n) is 2.01. The zero-order valence-corrected chi connectivity index (χ0v) is 4.96. The molecule has 0 saturated carbocycles. The maximum atomic E-state index is 10.4. The maximum Gasteiger partial charge on any atom is 0.306 e. The van der Waals surface area contributed by atoms with E-state index in [2.05, 4.69) is 0 Å². The molecule has 0 spiro atoms. The van der Waals surface area contributed by atoms with Crippen molar-refractivity contribution in [3.05, 3.63) is 0 Å². The van der Waals surface area contributed by atoms with Crippen LogP contribution < -0.4 is 0 Å². The highest BCUT2D eigenvalue weighted by Crippen LogP contribution is 2.15. The van der Waals surface area contributed by atoms with Crippen molar-refractivity contribution in [1.29, 1.82) is 5.26 Å². The molecule has 0 radical (unpaired) electrons. The molecule has 0 aromatic carbocycles. The normalized spacial score (nSPS) is 25.2. The summed E-state index contributed by atoms with van der Waals surface area (Å²) in [6.07, 6.45) is 1.41. The Balaban J connectivity index is 2.32. The van der Waals surface area contributed by atoms with Crippen LogP contribution in [0.2, 0.25) is 0 Å². The van der Waals surface area contributed by atoms with Gasteiger partial charge >= 0.3 is 5.97 Å². The molecule has 0 amide bonds. The monoisotopic (exact) mass is 125 g/mol. The Morgan fingerprint density at radius 2 is 2.67 bits per heavy atom. The average molecular weight is 125 g/mol. The van der Waals surface area contributed by atoms with Crippen LogP contribution in [-0.4, -0.2) is 12.1 Å². The van der Waals surface area contributed by atoms with Gasteiger partial charge in [-0.1, -0.05) is 0 Å². The Hall–Kier alpha value is -1.04. The molecule has 0 aromatic heterocycles. The summed E-state index contributed by atoms with van der Waals surface area (Å²) in [4.78, 5) is 10.4. The van der Waals surface area contributed by atoms with Crippen molar-refractivity contribution in [1.82, 2.24) is 0 Å². The van der Waals surface area contributed by atoms with E-state index < -0.39 is 0 Å². The molecule has 3 nitrogen and oxygen atoms in total. The van der Waals surface area contributed by atoms with Crippen LogP contribution in [0.4, 0.5) is 0 Å². The number of carbonyl (C=O) groups is 1. The predicted molar refractivity (Wildman–Crippen MR) is 29.3 cm³/mol.